The first kappa shape index (κ1) is 25.0. The molecule has 0 amide bonds. The summed E-state index contributed by atoms with van der Waals surface area (Å²) in [7, 11) is 0. The summed E-state index contributed by atoms with van der Waals surface area (Å²) in [6.45, 7) is 6.06. The molecule has 0 unspecified atom stereocenters. The number of nitrogens with one attached hydrogen (secondary N) is 1. The summed E-state index contributed by atoms with van der Waals surface area (Å²) in [6, 6.07) is 33.2. The molecule has 4 rings (SSSR count). The second-order valence-corrected chi connectivity index (χ2v) is 10.6. The van der Waals surface area contributed by atoms with Crippen LogP contribution in [0.25, 0.3) is 0 Å². The molecule has 1 N–H and O–H groups in total. The smallest absolute Gasteiger partial charge is 0.0906 e. The van der Waals surface area contributed by atoms with E-state index in [-0.39, 0.29) is 4.75 Å². The molecule has 0 radical (unpaired) electrons. The number of benzene rings is 3. The number of nitrogens with zero attached hydrogens (tertiary/aromatic N) is 1. The summed E-state index contributed by atoms with van der Waals surface area (Å²) in [4.78, 5) is 2.61. The summed E-state index contributed by atoms with van der Waals surface area (Å²) < 4.78 is -0.174. The van der Waals surface area contributed by atoms with Crippen LogP contribution in [0, 0.1) is 0 Å². The zero-order chi connectivity index (χ0) is 23.3. The van der Waals surface area contributed by atoms with Gasteiger partial charge < -0.3 is 10.2 Å². The lowest BCUT2D eigenvalue weighted by Gasteiger charge is -2.35. The Bertz CT molecular complexity index is 827. The molecule has 0 spiro atoms. The molecule has 3 heteroatoms. The van der Waals surface area contributed by atoms with Crippen LogP contribution in [-0.4, -0.2) is 43.4 Å². The number of thioether (sulfide) groups is 1. The molecule has 1 fully saturated rings. The Hall–Kier alpha value is -2.07. The van der Waals surface area contributed by atoms with Gasteiger partial charge in [-0.2, -0.15) is 0 Å². The van der Waals surface area contributed by atoms with Gasteiger partial charge in [0.1, 0.15) is 0 Å². The van der Waals surface area contributed by atoms with Crippen LogP contribution in [0.1, 0.15) is 55.2 Å². The van der Waals surface area contributed by atoms with Gasteiger partial charge in [0, 0.05) is 26.2 Å². The van der Waals surface area contributed by atoms with Crippen LogP contribution in [0.5, 0.6) is 0 Å². The maximum atomic E-state index is 3.44. The van der Waals surface area contributed by atoms with Gasteiger partial charge in [-0.3, -0.25) is 0 Å². The zero-order valence-corrected chi connectivity index (χ0v) is 21.3. The van der Waals surface area contributed by atoms with Gasteiger partial charge in [-0.1, -0.05) is 117 Å². The molecule has 3 aromatic carbocycles. The molecule has 2 nitrogen and oxygen atoms in total. The van der Waals surface area contributed by atoms with Crippen molar-refractivity contribution in [2.24, 2.45) is 0 Å². The Morgan fingerprint density at radius 3 is 1.53 bits per heavy atom. The average Bonchev–Trinajstić information content (AvgIpc) is 2.92. The average molecular weight is 473 g/mol. The van der Waals surface area contributed by atoms with Crippen molar-refractivity contribution < 1.29 is 0 Å². The maximum absolute atomic E-state index is 3.44. The minimum atomic E-state index is -0.174. The fourth-order valence-electron chi connectivity index (χ4n) is 5.07. The largest absolute Gasteiger partial charge is 0.314 e. The van der Waals surface area contributed by atoms with Gasteiger partial charge >= 0.3 is 0 Å². The molecule has 34 heavy (non-hydrogen) atoms. The van der Waals surface area contributed by atoms with Crippen molar-refractivity contribution in [2.75, 3.05) is 38.5 Å². The molecular weight excluding hydrogens is 432 g/mol. The van der Waals surface area contributed by atoms with Crippen molar-refractivity contribution in [2.45, 2.75) is 43.3 Å². The number of piperazine rings is 1. The number of hydrogen-bond acceptors (Lipinski definition) is 3. The highest BCUT2D eigenvalue weighted by Gasteiger charge is 2.36. The Labute approximate surface area is 211 Å². The fraction of sp³-hybridized carbons (Fsp3) is 0.419. The molecule has 1 saturated heterocycles. The van der Waals surface area contributed by atoms with Crippen LogP contribution in [0.3, 0.4) is 0 Å². The SMILES string of the molecule is c1ccc(C(SCCCCCCCCN2CCNCC2)(c2ccccc2)c2ccccc2)cc1. The molecule has 1 aliphatic rings. The predicted molar refractivity (Wildman–Crippen MR) is 149 cm³/mol. The van der Waals surface area contributed by atoms with Gasteiger partial charge in [0.25, 0.3) is 0 Å². The lowest BCUT2D eigenvalue weighted by atomic mass is 9.84. The number of hydrogen-bond donors (Lipinski definition) is 1. The highest BCUT2D eigenvalue weighted by Crippen LogP contribution is 2.48. The molecule has 0 bridgehead atoms. The molecule has 0 atom stereocenters. The normalized spacial score (nSPS) is 14.8. The summed E-state index contributed by atoms with van der Waals surface area (Å²) >= 11 is 2.10. The highest BCUT2D eigenvalue weighted by atomic mass is 32.2. The molecule has 0 aliphatic carbocycles. The van der Waals surface area contributed by atoms with Crippen LogP contribution in [0.4, 0.5) is 0 Å². The maximum Gasteiger partial charge on any atom is 0.0906 e. The molecular formula is C31H40N2S. The lowest BCUT2D eigenvalue weighted by Crippen LogP contribution is -2.43. The third-order valence-corrected chi connectivity index (χ3v) is 8.57. The standard InChI is InChI=1S/C31H40N2S/c1(3-14-24-33-25-22-32-23-26-33)2-4-15-27-34-31(28-16-8-5-9-17-28,29-18-10-6-11-19-29)30-20-12-7-13-21-30/h5-13,16-21,32H,1-4,14-15,22-27H2. The first-order valence-electron chi connectivity index (χ1n) is 13.1. The quantitative estimate of drug-likeness (QED) is 0.214. The Morgan fingerprint density at radius 2 is 1.03 bits per heavy atom. The van der Waals surface area contributed by atoms with Gasteiger partial charge in [0.05, 0.1) is 4.75 Å². The summed E-state index contributed by atoms with van der Waals surface area (Å²) in [5.74, 6) is 1.17. The van der Waals surface area contributed by atoms with E-state index in [0.717, 1.165) is 13.1 Å². The highest BCUT2D eigenvalue weighted by molar-refractivity contribution is 8.00. The molecule has 0 saturated carbocycles. The zero-order valence-electron chi connectivity index (χ0n) is 20.5. The van der Waals surface area contributed by atoms with E-state index < -0.39 is 0 Å². The second-order valence-electron chi connectivity index (χ2n) is 9.34. The monoisotopic (exact) mass is 472 g/mol. The topological polar surface area (TPSA) is 15.3 Å². The summed E-state index contributed by atoms with van der Waals surface area (Å²) in [5, 5.41) is 3.44. The third-order valence-electron chi connectivity index (χ3n) is 6.94. The third kappa shape index (κ3) is 6.75. The van der Waals surface area contributed by atoms with Gasteiger partial charge in [0.15, 0.2) is 0 Å². The Kier molecular flexibility index (Phi) is 10.1. The van der Waals surface area contributed by atoms with Crippen molar-refractivity contribution in [3.63, 3.8) is 0 Å². The van der Waals surface area contributed by atoms with Crippen LogP contribution in [-0.2, 0) is 4.75 Å². The lowest BCUT2D eigenvalue weighted by molar-refractivity contribution is 0.236. The van der Waals surface area contributed by atoms with Crippen molar-refractivity contribution in [3.8, 4) is 0 Å². The van der Waals surface area contributed by atoms with Gasteiger partial charge in [-0.15, -0.1) is 11.8 Å². The van der Waals surface area contributed by atoms with E-state index in [0.29, 0.717) is 0 Å². The number of rotatable bonds is 13. The van der Waals surface area contributed by atoms with E-state index in [1.807, 2.05) is 0 Å². The van der Waals surface area contributed by atoms with Crippen LogP contribution in [0.2, 0.25) is 0 Å². The molecule has 0 aromatic heterocycles. The van der Waals surface area contributed by atoms with Crippen LogP contribution in [0.15, 0.2) is 91.0 Å². The second kappa shape index (κ2) is 13.7. The molecule has 1 aliphatic heterocycles. The number of unbranched alkanes of at least 4 members (excludes halogenated alkanes) is 5. The van der Waals surface area contributed by atoms with Gasteiger partial charge in [-0.05, 0) is 41.8 Å². The van der Waals surface area contributed by atoms with Gasteiger partial charge in [0.2, 0.25) is 0 Å². The summed E-state index contributed by atoms with van der Waals surface area (Å²) in [5.41, 5.74) is 4.10. The van der Waals surface area contributed by atoms with E-state index in [4.69, 9.17) is 0 Å². The van der Waals surface area contributed by atoms with Crippen molar-refractivity contribution in [1.29, 1.82) is 0 Å². The minimum absolute atomic E-state index is 0.174. The fourth-order valence-corrected chi connectivity index (χ4v) is 6.64. The van der Waals surface area contributed by atoms with Crippen molar-refractivity contribution >= 4 is 11.8 Å². The Balaban J connectivity index is 1.33. The van der Waals surface area contributed by atoms with E-state index >= 15 is 0 Å². The first-order chi connectivity index (χ1) is 16.9. The van der Waals surface area contributed by atoms with Gasteiger partial charge in [-0.25, -0.2) is 0 Å². The molecule has 3 aromatic rings. The van der Waals surface area contributed by atoms with Crippen molar-refractivity contribution in [1.82, 2.24) is 10.2 Å². The minimum Gasteiger partial charge on any atom is -0.314 e. The molecule has 1 heterocycles. The van der Waals surface area contributed by atoms with E-state index in [1.54, 1.807) is 0 Å². The van der Waals surface area contributed by atoms with Crippen molar-refractivity contribution in [3.05, 3.63) is 108 Å². The summed E-state index contributed by atoms with van der Waals surface area (Å²) in [6.07, 6.45) is 8.06. The van der Waals surface area contributed by atoms with Crippen LogP contribution < -0.4 is 5.32 Å². The van der Waals surface area contributed by atoms with E-state index in [9.17, 15) is 0 Å². The van der Waals surface area contributed by atoms with E-state index in [1.165, 1.54) is 80.6 Å². The molecule has 180 valence electrons. The van der Waals surface area contributed by atoms with Crippen LogP contribution >= 0.6 is 11.8 Å². The predicted octanol–water partition coefficient (Wildman–Crippen LogP) is 6.96. The Morgan fingerprint density at radius 1 is 0.588 bits per heavy atom. The van der Waals surface area contributed by atoms with E-state index in [2.05, 4.69) is 113 Å². The first-order valence-corrected chi connectivity index (χ1v) is 14.1.